The van der Waals surface area contributed by atoms with Crippen LogP contribution in [0.2, 0.25) is 0 Å². The fraction of sp³-hybridized carbons (Fsp3) is 0.500. The van der Waals surface area contributed by atoms with Crippen molar-refractivity contribution in [3.8, 4) is 5.75 Å². The Morgan fingerprint density at radius 3 is 2.65 bits per heavy atom. The van der Waals surface area contributed by atoms with Crippen molar-refractivity contribution < 1.29 is 22.7 Å². The molecule has 2 aromatic rings. The zero-order valence-electron chi connectivity index (χ0n) is 14.0. The molecule has 0 aliphatic heterocycles. The van der Waals surface area contributed by atoms with Crippen molar-refractivity contribution in [1.29, 1.82) is 0 Å². The summed E-state index contributed by atoms with van der Waals surface area (Å²) in [5.74, 6) is -0.00777. The molecule has 0 atom stereocenters. The molecular formula is C16H21ClF3N3O2S. The van der Waals surface area contributed by atoms with Crippen LogP contribution in [0.1, 0.15) is 32.1 Å². The number of hydrogen-bond acceptors (Lipinski definition) is 5. The fourth-order valence-electron chi connectivity index (χ4n) is 2.18. The molecule has 146 valence electrons. The highest BCUT2D eigenvalue weighted by atomic mass is 35.5. The van der Waals surface area contributed by atoms with Crippen molar-refractivity contribution in [2.24, 2.45) is 5.73 Å². The number of nitrogens with one attached hydrogen (secondary N) is 1. The summed E-state index contributed by atoms with van der Waals surface area (Å²) in [5, 5.41) is 3.15. The Balaban J connectivity index is 0.00000338. The minimum Gasteiger partial charge on any atom is -0.484 e. The minimum atomic E-state index is -4.38. The molecule has 0 unspecified atom stereocenters. The van der Waals surface area contributed by atoms with E-state index < -0.39 is 12.8 Å². The monoisotopic (exact) mass is 411 g/mol. The van der Waals surface area contributed by atoms with Crippen LogP contribution in [-0.4, -0.2) is 30.2 Å². The summed E-state index contributed by atoms with van der Waals surface area (Å²) in [6.07, 6.45) is -0.285. The second-order valence-corrected chi connectivity index (χ2v) is 6.58. The first kappa shape index (κ1) is 22.5. The van der Waals surface area contributed by atoms with Crippen LogP contribution in [0.15, 0.2) is 18.2 Å². The SMILES string of the molecule is Cl.NCCCCCCC(=O)Nc1nc2ccc(OCC(F)(F)F)cc2s1. The zero-order chi connectivity index (χ0) is 18.3. The molecule has 0 saturated carbocycles. The summed E-state index contributed by atoms with van der Waals surface area (Å²) >= 11 is 1.20. The van der Waals surface area contributed by atoms with E-state index in [1.807, 2.05) is 0 Å². The van der Waals surface area contributed by atoms with Crippen molar-refractivity contribution in [3.05, 3.63) is 18.2 Å². The van der Waals surface area contributed by atoms with Gasteiger partial charge in [-0.3, -0.25) is 4.79 Å². The van der Waals surface area contributed by atoms with Crippen molar-refractivity contribution >= 4 is 45.0 Å². The fourth-order valence-corrected chi connectivity index (χ4v) is 3.09. The topological polar surface area (TPSA) is 77.2 Å². The van der Waals surface area contributed by atoms with Crippen molar-refractivity contribution in [2.75, 3.05) is 18.5 Å². The van der Waals surface area contributed by atoms with Gasteiger partial charge in [0.1, 0.15) is 5.75 Å². The molecule has 3 N–H and O–H groups in total. The normalized spacial score (nSPS) is 11.2. The van der Waals surface area contributed by atoms with Gasteiger partial charge in [-0.25, -0.2) is 4.98 Å². The van der Waals surface area contributed by atoms with E-state index in [0.29, 0.717) is 28.3 Å². The van der Waals surface area contributed by atoms with E-state index in [2.05, 4.69) is 10.3 Å². The van der Waals surface area contributed by atoms with Gasteiger partial charge in [-0.2, -0.15) is 13.2 Å². The van der Waals surface area contributed by atoms with Crippen LogP contribution in [0.5, 0.6) is 5.75 Å². The van der Waals surface area contributed by atoms with Gasteiger partial charge in [0.25, 0.3) is 0 Å². The van der Waals surface area contributed by atoms with E-state index in [1.54, 1.807) is 6.07 Å². The minimum absolute atomic E-state index is 0. The molecule has 1 aromatic heterocycles. The number of benzene rings is 1. The van der Waals surface area contributed by atoms with Gasteiger partial charge in [0.05, 0.1) is 10.2 Å². The Kier molecular flexibility index (Phi) is 9.11. The Labute approximate surface area is 159 Å². The maximum absolute atomic E-state index is 12.2. The van der Waals surface area contributed by atoms with Crippen LogP contribution >= 0.6 is 23.7 Å². The van der Waals surface area contributed by atoms with Gasteiger partial charge in [0.15, 0.2) is 11.7 Å². The van der Waals surface area contributed by atoms with E-state index in [1.165, 1.54) is 23.5 Å². The number of aromatic nitrogens is 1. The largest absolute Gasteiger partial charge is 0.484 e. The highest BCUT2D eigenvalue weighted by molar-refractivity contribution is 7.22. The molecule has 5 nitrogen and oxygen atoms in total. The number of nitrogens with zero attached hydrogens (tertiary/aromatic N) is 1. The third kappa shape index (κ3) is 7.76. The molecule has 0 aliphatic carbocycles. The van der Waals surface area contributed by atoms with E-state index in [0.717, 1.165) is 25.7 Å². The molecule has 0 saturated heterocycles. The van der Waals surface area contributed by atoms with Gasteiger partial charge in [-0.15, -0.1) is 12.4 Å². The predicted molar refractivity (Wildman–Crippen MR) is 99.2 cm³/mol. The van der Waals surface area contributed by atoms with Gasteiger partial charge in [-0.1, -0.05) is 24.2 Å². The number of amides is 1. The summed E-state index contributed by atoms with van der Waals surface area (Å²) in [5.41, 5.74) is 6.01. The van der Waals surface area contributed by atoms with Crippen LogP contribution in [0, 0.1) is 0 Å². The number of halogens is 4. The number of alkyl halides is 3. The second-order valence-electron chi connectivity index (χ2n) is 5.55. The molecule has 0 spiro atoms. The van der Waals surface area contributed by atoms with E-state index in [9.17, 15) is 18.0 Å². The predicted octanol–water partition coefficient (Wildman–Crippen LogP) is 4.51. The van der Waals surface area contributed by atoms with E-state index in [4.69, 9.17) is 10.5 Å². The maximum atomic E-state index is 12.2. The number of nitrogens with two attached hydrogens (primary N) is 1. The average Bonchev–Trinajstić information content (AvgIpc) is 2.93. The first-order valence-electron chi connectivity index (χ1n) is 7.97. The van der Waals surface area contributed by atoms with Crippen molar-refractivity contribution in [1.82, 2.24) is 4.98 Å². The smallest absolute Gasteiger partial charge is 0.422 e. The van der Waals surface area contributed by atoms with Gasteiger partial charge in [-0.05, 0) is 37.6 Å². The van der Waals surface area contributed by atoms with Crippen molar-refractivity contribution in [2.45, 2.75) is 38.3 Å². The zero-order valence-corrected chi connectivity index (χ0v) is 15.6. The summed E-state index contributed by atoms with van der Waals surface area (Å²) in [6, 6.07) is 4.48. The van der Waals surface area contributed by atoms with Crippen molar-refractivity contribution in [3.63, 3.8) is 0 Å². The molecule has 1 aromatic carbocycles. The Hall–Kier alpha value is -1.58. The van der Waals surface area contributed by atoms with Gasteiger partial charge in [0, 0.05) is 6.42 Å². The third-order valence-corrected chi connectivity index (χ3v) is 4.30. The Morgan fingerprint density at radius 1 is 1.23 bits per heavy atom. The number of thiazole rings is 1. The summed E-state index contributed by atoms with van der Waals surface area (Å²) in [6.45, 7) is -0.683. The summed E-state index contributed by atoms with van der Waals surface area (Å²) < 4.78 is 41.9. The number of anilines is 1. The summed E-state index contributed by atoms with van der Waals surface area (Å²) in [7, 11) is 0. The molecule has 2 rings (SSSR count). The lowest BCUT2D eigenvalue weighted by atomic mass is 10.1. The van der Waals surface area contributed by atoms with Gasteiger partial charge in [0.2, 0.25) is 5.91 Å². The maximum Gasteiger partial charge on any atom is 0.422 e. The number of hydrogen-bond donors (Lipinski definition) is 2. The van der Waals surface area contributed by atoms with Crippen LogP contribution in [0.3, 0.4) is 0 Å². The molecule has 0 aliphatic rings. The molecule has 26 heavy (non-hydrogen) atoms. The molecule has 0 bridgehead atoms. The first-order valence-corrected chi connectivity index (χ1v) is 8.79. The van der Waals surface area contributed by atoms with Crippen LogP contribution in [0.4, 0.5) is 18.3 Å². The Morgan fingerprint density at radius 2 is 1.96 bits per heavy atom. The highest BCUT2D eigenvalue weighted by Gasteiger charge is 2.28. The van der Waals surface area contributed by atoms with Crippen LogP contribution in [-0.2, 0) is 4.79 Å². The number of carbonyl (C=O) groups is 1. The molecule has 10 heteroatoms. The molecule has 0 fully saturated rings. The number of fused-ring (bicyclic) bond motifs is 1. The first-order chi connectivity index (χ1) is 11.9. The van der Waals surface area contributed by atoms with Gasteiger partial charge >= 0.3 is 6.18 Å². The van der Waals surface area contributed by atoms with Gasteiger partial charge < -0.3 is 15.8 Å². The lowest BCUT2D eigenvalue weighted by molar-refractivity contribution is -0.153. The van der Waals surface area contributed by atoms with E-state index >= 15 is 0 Å². The highest BCUT2D eigenvalue weighted by Crippen LogP contribution is 2.30. The van der Waals surface area contributed by atoms with Crippen LogP contribution in [0.25, 0.3) is 10.2 Å². The second kappa shape index (κ2) is 10.5. The standard InChI is InChI=1S/C16H20F3N3O2S.ClH/c17-16(18,19)10-24-11-6-7-12-13(9-11)25-15(21-12)22-14(23)5-3-1-2-4-8-20;/h6-7,9H,1-5,8,10,20H2,(H,21,22,23);1H. The summed E-state index contributed by atoms with van der Waals surface area (Å²) in [4.78, 5) is 16.1. The number of ether oxygens (including phenoxy) is 1. The quantitative estimate of drug-likeness (QED) is 0.595. The number of rotatable bonds is 9. The number of carbonyl (C=O) groups excluding carboxylic acids is 1. The molecule has 1 heterocycles. The lowest BCUT2D eigenvalue weighted by Gasteiger charge is -2.08. The van der Waals surface area contributed by atoms with E-state index in [-0.39, 0.29) is 24.1 Å². The lowest BCUT2D eigenvalue weighted by Crippen LogP contribution is -2.19. The average molecular weight is 412 g/mol. The van der Waals surface area contributed by atoms with Crippen LogP contribution < -0.4 is 15.8 Å². The molecular weight excluding hydrogens is 391 g/mol. The molecule has 1 amide bonds. The Bertz CT molecular complexity index is 710. The molecule has 0 radical (unpaired) electrons. The third-order valence-electron chi connectivity index (χ3n) is 3.37. The number of unbranched alkanes of at least 4 members (excludes halogenated alkanes) is 3.